The van der Waals surface area contributed by atoms with Crippen LogP contribution in [-0.4, -0.2) is 14.9 Å². The largest absolute Gasteiger partial charge is 0.388 e. The number of benzene rings is 1. The summed E-state index contributed by atoms with van der Waals surface area (Å²) in [5.74, 6) is 0. The van der Waals surface area contributed by atoms with Gasteiger partial charge in [-0.1, -0.05) is 29.3 Å². The van der Waals surface area contributed by atoms with Crippen molar-refractivity contribution >= 4 is 39.1 Å². The molecule has 0 radical (unpaired) electrons. The zero-order chi connectivity index (χ0) is 14.9. The summed E-state index contributed by atoms with van der Waals surface area (Å²) in [6, 6.07) is 5.12. The topological polar surface area (TPSA) is 38.0 Å². The predicted octanol–water partition coefficient (Wildman–Crippen LogP) is 4.56. The van der Waals surface area contributed by atoms with Crippen LogP contribution in [0.25, 0.3) is 0 Å². The third-order valence-electron chi connectivity index (χ3n) is 3.16. The lowest BCUT2D eigenvalue weighted by atomic mass is 10.0. The number of nitrogens with zero attached hydrogens (tertiary/aromatic N) is 2. The van der Waals surface area contributed by atoms with Gasteiger partial charge in [-0.2, -0.15) is 5.10 Å². The molecule has 1 N–H and O–H groups in total. The van der Waals surface area contributed by atoms with Gasteiger partial charge in [0, 0.05) is 23.0 Å². The SMILES string of the molecule is CCn1nc(C)c(Br)c1CC(O)c1ccc(Cl)cc1Cl. The van der Waals surface area contributed by atoms with Crippen molar-refractivity contribution in [3.05, 3.63) is 49.7 Å². The van der Waals surface area contributed by atoms with Gasteiger partial charge in [0.2, 0.25) is 0 Å². The molecular formula is C14H15BrCl2N2O. The van der Waals surface area contributed by atoms with Crippen LogP contribution in [0.4, 0.5) is 0 Å². The highest BCUT2D eigenvalue weighted by molar-refractivity contribution is 9.10. The molecule has 6 heteroatoms. The van der Waals surface area contributed by atoms with Gasteiger partial charge in [-0.3, -0.25) is 4.68 Å². The van der Waals surface area contributed by atoms with Gasteiger partial charge in [-0.25, -0.2) is 0 Å². The molecule has 0 fully saturated rings. The Morgan fingerprint density at radius 1 is 1.40 bits per heavy atom. The molecule has 108 valence electrons. The normalized spacial score (nSPS) is 12.7. The average Bonchev–Trinajstić information content (AvgIpc) is 2.66. The second-order valence-electron chi connectivity index (χ2n) is 4.55. The molecule has 1 unspecified atom stereocenters. The third-order valence-corrected chi connectivity index (χ3v) is 4.75. The standard InChI is InChI=1S/C14H15BrCl2N2O/c1-3-19-12(14(15)8(2)18-19)7-13(20)10-5-4-9(16)6-11(10)17/h4-6,13,20H,3,7H2,1-2H3. The molecule has 0 saturated carbocycles. The number of hydrogen-bond acceptors (Lipinski definition) is 2. The molecule has 0 aliphatic heterocycles. The van der Waals surface area contributed by atoms with E-state index in [2.05, 4.69) is 21.0 Å². The summed E-state index contributed by atoms with van der Waals surface area (Å²) in [6.45, 7) is 4.70. The van der Waals surface area contributed by atoms with Crippen molar-refractivity contribution in [2.75, 3.05) is 0 Å². The molecule has 0 saturated heterocycles. The molecule has 2 aromatic rings. The Bertz CT molecular complexity index is 628. The van der Waals surface area contributed by atoms with Gasteiger partial charge in [0.05, 0.1) is 22.0 Å². The lowest BCUT2D eigenvalue weighted by Crippen LogP contribution is -2.09. The Morgan fingerprint density at radius 2 is 2.10 bits per heavy atom. The third kappa shape index (κ3) is 3.19. The van der Waals surface area contributed by atoms with E-state index in [-0.39, 0.29) is 0 Å². The molecule has 3 nitrogen and oxygen atoms in total. The second-order valence-corrected chi connectivity index (χ2v) is 6.18. The maximum atomic E-state index is 10.4. The fourth-order valence-corrected chi connectivity index (χ4v) is 3.11. The fourth-order valence-electron chi connectivity index (χ4n) is 2.13. The Labute approximate surface area is 136 Å². The van der Waals surface area contributed by atoms with E-state index in [0.717, 1.165) is 22.4 Å². The molecule has 20 heavy (non-hydrogen) atoms. The number of aliphatic hydroxyl groups is 1. The monoisotopic (exact) mass is 376 g/mol. The highest BCUT2D eigenvalue weighted by Crippen LogP contribution is 2.31. The number of halogens is 3. The molecule has 2 rings (SSSR count). The Morgan fingerprint density at radius 3 is 2.70 bits per heavy atom. The van der Waals surface area contributed by atoms with Crippen LogP contribution >= 0.6 is 39.1 Å². The van der Waals surface area contributed by atoms with E-state index >= 15 is 0 Å². The van der Waals surface area contributed by atoms with Gasteiger partial charge in [0.1, 0.15) is 0 Å². The maximum Gasteiger partial charge on any atom is 0.0860 e. The van der Waals surface area contributed by atoms with Crippen molar-refractivity contribution in [3.8, 4) is 0 Å². The number of rotatable bonds is 4. The van der Waals surface area contributed by atoms with Gasteiger partial charge >= 0.3 is 0 Å². The van der Waals surface area contributed by atoms with Crippen molar-refractivity contribution in [2.24, 2.45) is 0 Å². The van der Waals surface area contributed by atoms with Gasteiger partial charge in [0.25, 0.3) is 0 Å². The van der Waals surface area contributed by atoms with Crippen LogP contribution in [0.2, 0.25) is 10.0 Å². The average molecular weight is 378 g/mol. The summed E-state index contributed by atoms with van der Waals surface area (Å²) >= 11 is 15.5. The second kappa shape index (κ2) is 6.48. The first-order valence-electron chi connectivity index (χ1n) is 6.28. The summed E-state index contributed by atoms with van der Waals surface area (Å²) < 4.78 is 2.82. The van der Waals surface area contributed by atoms with Gasteiger partial charge in [-0.05, 0) is 47.5 Å². The van der Waals surface area contributed by atoms with E-state index < -0.39 is 6.10 Å². The zero-order valence-corrected chi connectivity index (χ0v) is 14.3. The minimum absolute atomic E-state index is 0.441. The van der Waals surface area contributed by atoms with E-state index in [0.29, 0.717) is 22.0 Å². The molecule has 0 bridgehead atoms. The lowest BCUT2D eigenvalue weighted by Gasteiger charge is -2.14. The summed E-state index contributed by atoms with van der Waals surface area (Å²) in [5.41, 5.74) is 2.55. The summed E-state index contributed by atoms with van der Waals surface area (Å²) in [5, 5.41) is 15.9. The molecule has 0 aliphatic rings. The van der Waals surface area contributed by atoms with Crippen molar-refractivity contribution in [1.82, 2.24) is 9.78 Å². The van der Waals surface area contributed by atoms with E-state index in [1.54, 1.807) is 18.2 Å². The van der Waals surface area contributed by atoms with Crippen LogP contribution in [0.15, 0.2) is 22.7 Å². The summed E-state index contributed by atoms with van der Waals surface area (Å²) in [7, 11) is 0. The van der Waals surface area contributed by atoms with E-state index in [1.165, 1.54) is 0 Å². The van der Waals surface area contributed by atoms with Crippen molar-refractivity contribution in [1.29, 1.82) is 0 Å². The molecule has 1 heterocycles. The highest BCUT2D eigenvalue weighted by Gasteiger charge is 2.19. The number of aryl methyl sites for hydroxylation is 2. The van der Waals surface area contributed by atoms with Crippen molar-refractivity contribution in [2.45, 2.75) is 32.9 Å². The Balaban J connectivity index is 2.30. The molecule has 1 atom stereocenters. The van der Waals surface area contributed by atoms with Crippen LogP contribution in [0, 0.1) is 6.92 Å². The zero-order valence-electron chi connectivity index (χ0n) is 11.2. The van der Waals surface area contributed by atoms with Crippen LogP contribution in [0.1, 0.15) is 30.0 Å². The van der Waals surface area contributed by atoms with Crippen LogP contribution in [0.5, 0.6) is 0 Å². The van der Waals surface area contributed by atoms with Crippen molar-refractivity contribution < 1.29 is 5.11 Å². The lowest BCUT2D eigenvalue weighted by molar-refractivity contribution is 0.175. The number of aromatic nitrogens is 2. The van der Waals surface area contributed by atoms with Gasteiger partial charge < -0.3 is 5.11 Å². The number of aliphatic hydroxyl groups excluding tert-OH is 1. The number of hydrogen-bond donors (Lipinski definition) is 1. The van der Waals surface area contributed by atoms with Gasteiger partial charge in [0.15, 0.2) is 0 Å². The van der Waals surface area contributed by atoms with Gasteiger partial charge in [-0.15, -0.1) is 0 Å². The quantitative estimate of drug-likeness (QED) is 0.848. The van der Waals surface area contributed by atoms with Crippen molar-refractivity contribution in [3.63, 3.8) is 0 Å². The van der Waals surface area contributed by atoms with E-state index in [9.17, 15) is 5.11 Å². The van der Waals surface area contributed by atoms with E-state index in [4.69, 9.17) is 23.2 Å². The Hall–Kier alpha value is -0.550. The smallest absolute Gasteiger partial charge is 0.0860 e. The summed E-state index contributed by atoms with van der Waals surface area (Å²) in [4.78, 5) is 0. The predicted molar refractivity (Wildman–Crippen MR) is 85.5 cm³/mol. The first-order chi connectivity index (χ1) is 9.43. The first kappa shape index (κ1) is 15.8. The van der Waals surface area contributed by atoms with Crippen LogP contribution in [0.3, 0.4) is 0 Å². The minimum atomic E-state index is -0.697. The molecule has 1 aromatic heterocycles. The van der Waals surface area contributed by atoms with Crippen LogP contribution < -0.4 is 0 Å². The Kier molecular flexibility index (Phi) is 5.13. The maximum absolute atomic E-state index is 10.4. The highest BCUT2D eigenvalue weighted by atomic mass is 79.9. The molecule has 0 aliphatic carbocycles. The van der Waals surface area contributed by atoms with Crippen LogP contribution in [-0.2, 0) is 13.0 Å². The molecule has 0 spiro atoms. The minimum Gasteiger partial charge on any atom is -0.388 e. The molecule has 1 aromatic carbocycles. The molecule has 0 amide bonds. The van der Waals surface area contributed by atoms with E-state index in [1.807, 2.05) is 18.5 Å². The first-order valence-corrected chi connectivity index (χ1v) is 7.83. The summed E-state index contributed by atoms with van der Waals surface area (Å²) in [6.07, 6.45) is -0.256. The fraction of sp³-hybridized carbons (Fsp3) is 0.357. The molecular weight excluding hydrogens is 363 g/mol.